The van der Waals surface area contributed by atoms with Crippen LogP contribution in [-0.4, -0.2) is 35.4 Å². The van der Waals surface area contributed by atoms with E-state index in [2.05, 4.69) is 15.2 Å². The van der Waals surface area contributed by atoms with Gasteiger partial charge in [0.05, 0.1) is 0 Å². The van der Waals surface area contributed by atoms with Crippen molar-refractivity contribution in [1.82, 2.24) is 9.88 Å². The monoisotopic (exact) mass is 273 g/mol. The number of carbonyl (C=O) groups excluding carboxylic acids is 1. The van der Waals surface area contributed by atoms with Gasteiger partial charge in [0.1, 0.15) is 11.5 Å². The molecule has 1 saturated heterocycles. The zero-order chi connectivity index (χ0) is 13.9. The summed E-state index contributed by atoms with van der Waals surface area (Å²) in [7, 11) is 1.83. The number of hydrogen-bond donors (Lipinski definition) is 1. The van der Waals surface area contributed by atoms with Gasteiger partial charge in [0.25, 0.3) is 5.91 Å². The molecule has 108 valence electrons. The number of carbonyl (C=O) groups is 1. The molecular weight excluding hydrogens is 250 g/mol. The van der Waals surface area contributed by atoms with Crippen molar-refractivity contribution in [3.05, 3.63) is 23.9 Å². The lowest BCUT2D eigenvalue weighted by molar-refractivity contribution is 0.0683. The van der Waals surface area contributed by atoms with E-state index >= 15 is 0 Å². The first-order chi connectivity index (χ1) is 9.79. The van der Waals surface area contributed by atoms with Gasteiger partial charge in [-0.05, 0) is 43.7 Å². The Balaban J connectivity index is 1.77. The van der Waals surface area contributed by atoms with Crippen LogP contribution in [0.15, 0.2) is 18.2 Å². The smallest absolute Gasteiger partial charge is 0.272 e. The van der Waals surface area contributed by atoms with Gasteiger partial charge in [-0.1, -0.05) is 18.9 Å². The maximum absolute atomic E-state index is 12.7. The van der Waals surface area contributed by atoms with Gasteiger partial charge in [0.2, 0.25) is 0 Å². The van der Waals surface area contributed by atoms with Gasteiger partial charge in [0.15, 0.2) is 0 Å². The average Bonchev–Trinajstić information content (AvgIpc) is 3.16. The number of amides is 1. The minimum atomic E-state index is 0.108. The normalized spacial score (nSPS) is 23.2. The summed E-state index contributed by atoms with van der Waals surface area (Å²) in [6.07, 6.45) is 7.55. The molecule has 2 heterocycles. The van der Waals surface area contributed by atoms with Gasteiger partial charge in [-0.15, -0.1) is 0 Å². The van der Waals surface area contributed by atoms with Crippen molar-refractivity contribution in [2.24, 2.45) is 5.92 Å². The molecule has 4 heteroatoms. The Morgan fingerprint density at radius 3 is 2.80 bits per heavy atom. The van der Waals surface area contributed by atoms with Crippen LogP contribution in [0.5, 0.6) is 0 Å². The van der Waals surface area contributed by atoms with Crippen LogP contribution in [-0.2, 0) is 0 Å². The second-order valence-electron chi connectivity index (χ2n) is 5.91. The van der Waals surface area contributed by atoms with Crippen LogP contribution >= 0.6 is 0 Å². The molecule has 1 aliphatic heterocycles. The van der Waals surface area contributed by atoms with Crippen molar-refractivity contribution in [2.75, 3.05) is 18.9 Å². The van der Waals surface area contributed by atoms with Crippen molar-refractivity contribution in [1.29, 1.82) is 0 Å². The Morgan fingerprint density at radius 1 is 1.25 bits per heavy atom. The first-order valence-electron chi connectivity index (χ1n) is 7.75. The van der Waals surface area contributed by atoms with E-state index in [0.29, 0.717) is 17.7 Å². The van der Waals surface area contributed by atoms with Crippen LogP contribution in [0.3, 0.4) is 0 Å². The number of rotatable bonds is 3. The molecule has 0 radical (unpaired) electrons. The highest BCUT2D eigenvalue weighted by molar-refractivity contribution is 5.93. The quantitative estimate of drug-likeness (QED) is 0.921. The van der Waals surface area contributed by atoms with Gasteiger partial charge in [-0.3, -0.25) is 4.79 Å². The molecule has 0 aromatic carbocycles. The summed E-state index contributed by atoms with van der Waals surface area (Å²) in [6.45, 7) is 0.894. The summed E-state index contributed by atoms with van der Waals surface area (Å²) in [4.78, 5) is 19.2. The van der Waals surface area contributed by atoms with E-state index in [1.807, 2.05) is 25.2 Å². The van der Waals surface area contributed by atoms with Crippen molar-refractivity contribution in [3.63, 3.8) is 0 Å². The number of aromatic nitrogens is 1. The van der Waals surface area contributed by atoms with E-state index in [0.717, 1.165) is 18.8 Å². The third-order valence-electron chi connectivity index (χ3n) is 4.73. The second-order valence-corrected chi connectivity index (χ2v) is 5.91. The predicted octanol–water partition coefficient (Wildman–Crippen LogP) is 2.92. The molecule has 1 atom stereocenters. The summed E-state index contributed by atoms with van der Waals surface area (Å²) in [5.74, 6) is 1.58. The first-order valence-corrected chi connectivity index (χ1v) is 7.75. The van der Waals surface area contributed by atoms with E-state index in [1.54, 1.807) is 0 Å². The minimum absolute atomic E-state index is 0.108. The van der Waals surface area contributed by atoms with Crippen molar-refractivity contribution < 1.29 is 4.79 Å². The molecule has 20 heavy (non-hydrogen) atoms. The molecule has 1 aromatic rings. The SMILES string of the molecule is CNc1cccc(C(=O)N2CCCC2C2CCCC2)n1. The molecule has 2 fully saturated rings. The molecule has 1 saturated carbocycles. The summed E-state index contributed by atoms with van der Waals surface area (Å²) in [5.41, 5.74) is 0.571. The zero-order valence-electron chi connectivity index (χ0n) is 12.1. The molecule has 3 rings (SSSR count). The van der Waals surface area contributed by atoms with Crippen molar-refractivity contribution in [3.8, 4) is 0 Å². The highest BCUT2D eigenvalue weighted by Gasteiger charge is 2.36. The summed E-state index contributed by atoms with van der Waals surface area (Å²) >= 11 is 0. The first kappa shape index (κ1) is 13.4. The van der Waals surface area contributed by atoms with Gasteiger partial charge in [-0.2, -0.15) is 0 Å². The van der Waals surface area contributed by atoms with Crippen LogP contribution < -0.4 is 5.32 Å². The van der Waals surface area contributed by atoms with Gasteiger partial charge in [-0.25, -0.2) is 4.98 Å². The Kier molecular flexibility index (Phi) is 3.90. The molecule has 1 aromatic heterocycles. The number of anilines is 1. The molecule has 1 N–H and O–H groups in total. The van der Waals surface area contributed by atoms with Crippen LogP contribution in [0.2, 0.25) is 0 Å². The van der Waals surface area contributed by atoms with Crippen LogP contribution in [0.1, 0.15) is 49.0 Å². The fourth-order valence-electron chi connectivity index (χ4n) is 3.72. The van der Waals surface area contributed by atoms with Gasteiger partial charge < -0.3 is 10.2 Å². The molecule has 0 bridgehead atoms. The maximum Gasteiger partial charge on any atom is 0.272 e. The number of pyridine rings is 1. The van der Waals surface area contributed by atoms with Crippen LogP contribution in [0.4, 0.5) is 5.82 Å². The molecular formula is C16H23N3O. The number of nitrogens with one attached hydrogen (secondary N) is 1. The fraction of sp³-hybridized carbons (Fsp3) is 0.625. The highest BCUT2D eigenvalue weighted by Crippen LogP contribution is 2.35. The van der Waals surface area contributed by atoms with E-state index in [9.17, 15) is 4.79 Å². The lowest BCUT2D eigenvalue weighted by Gasteiger charge is -2.29. The third-order valence-corrected chi connectivity index (χ3v) is 4.73. The zero-order valence-corrected chi connectivity index (χ0v) is 12.1. The fourth-order valence-corrected chi connectivity index (χ4v) is 3.72. The van der Waals surface area contributed by atoms with Crippen LogP contribution in [0.25, 0.3) is 0 Å². The summed E-state index contributed by atoms with van der Waals surface area (Å²) in [5, 5.41) is 3.00. The lowest BCUT2D eigenvalue weighted by atomic mass is 9.96. The standard InChI is InChI=1S/C16H23N3O/c1-17-15-10-4-8-13(18-15)16(20)19-11-5-9-14(19)12-6-2-3-7-12/h4,8,10,12,14H,2-3,5-7,9,11H2,1H3,(H,17,18). The summed E-state index contributed by atoms with van der Waals surface area (Å²) in [6, 6.07) is 6.06. The molecule has 1 amide bonds. The number of hydrogen-bond acceptors (Lipinski definition) is 3. The summed E-state index contributed by atoms with van der Waals surface area (Å²) < 4.78 is 0. The van der Waals surface area contributed by atoms with Crippen LogP contribution in [0, 0.1) is 5.92 Å². The lowest BCUT2D eigenvalue weighted by Crippen LogP contribution is -2.39. The predicted molar refractivity (Wildman–Crippen MR) is 79.8 cm³/mol. The second kappa shape index (κ2) is 5.81. The maximum atomic E-state index is 12.7. The Bertz CT molecular complexity index is 482. The Hall–Kier alpha value is -1.58. The highest BCUT2D eigenvalue weighted by atomic mass is 16.2. The van der Waals surface area contributed by atoms with E-state index < -0.39 is 0 Å². The van der Waals surface area contributed by atoms with E-state index in [1.165, 1.54) is 32.1 Å². The Morgan fingerprint density at radius 2 is 2.05 bits per heavy atom. The molecule has 1 aliphatic carbocycles. The van der Waals surface area contributed by atoms with Crippen molar-refractivity contribution >= 4 is 11.7 Å². The average molecular weight is 273 g/mol. The molecule has 2 aliphatic rings. The van der Waals surface area contributed by atoms with E-state index in [4.69, 9.17) is 0 Å². The molecule has 1 unspecified atom stereocenters. The Labute approximate surface area is 120 Å². The minimum Gasteiger partial charge on any atom is -0.373 e. The number of nitrogens with zero attached hydrogens (tertiary/aromatic N) is 2. The number of likely N-dealkylation sites (tertiary alicyclic amines) is 1. The topological polar surface area (TPSA) is 45.2 Å². The van der Waals surface area contributed by atoms with Gasteiger partial charge >= 0.3 is 0 Å². The van der Waals surface area contributed by atoms with Gasteiger partial charge in [0, 0.05) is 19.6 Å². The molecule has 4 nitrogen and oxygen atoms in total. The van der Waals surface area contributed by atoms with Crippen molar-refractivity contribution in [2.45, 2.75) is 44.6 Å². The largest absolute Gasteiger partial charge is 0.373 e. The third kappa shape index (κ3) is 2.51. The molecule has 0 spiro atoms. The van der Waals surface area contributed by atoms with E-state index in [-0.39, 0.29) is 5.91 Å².